The summed E-state index contributed by atoms with van der Waals surface area (Å²) in [6, 6.07) is 5.38. The van der Waals surface area contributed by atoms with Gasteiger partial charge in [0, 0.05) is 13.0 Å². The van der Waals surface area contributed by atoms with Crippen LogP contribution in [0.4, 0.5) is 5.69 Å². The molecule has 5 heteroatoms. The van der Waals surface area contributed by atoms with Gasteiger partial charge in [-0.3, -0.25) is 4.79 Å². The van der Waals surface area contributed by atoms with E-state index in [2.05, 4.69) is 0 Å². The molecule has 1 aliphatic rings. The Hall–Kier alpha value is -1.26. The third kappa shape index (κ3) is 2.23. The van der Waals surface area contributed by atoms with Crippen molar-refractivity contribution < 1.29 is 9.53 Å². The van der Waals surface area contributed by atoms with Crippen molar-refractivity contribution in [2.24, 2.45) is 11.7 Å². The van der Waals surface area contributed by atoms with Gasteiger partial charge in [0.25, 0.3) is 0 Å². The number of anilines is 1. The fourth-order valence-electron chi connectivity index (χ4n) is 2.08. The molecule has 0 spiro atoms. The number of ether oxygens (including phenoxy) is 1. The number of rotatable bonds is 3. The Morgan fingerprint density at radius 2 is 2.35 bits per heavy atom. The molecule has 0 saturated carbocycles. The highest BCUT2D eigenvalue weighted by molar-refractivity contribution is 6.32. The van der Waals surface area contributed by atoms with Gasteiger partial charge in [-0.25, -0.2) is 0 Å². The predicted octanol–water partition coefficient (Wildman–Crippen LogP) is 1.66. The molecular weight excluding hydrogens is 240 g/mol. The van der Waals surface area contributed by atoms with Gasteiger partial charge in [-0.15, -0.1) is 0 Å². The number of halogens is 1. The summed E-state index contributed by atoms with van der Waals surface area (Å²) in [4.78, 5) is 13.6. The number of amides is 1. The maximum Gasteiger partial charge on any atom is 0.227 e. The molecule has 1 atom stereocenters. The summed E-state index contributed by atoms with van der Waals surface area (Å²) in [5.74, 6) is 0.826. The van der Waals surface area contributed by atoms with Crippen molar-refractivity contribution >= 4 is 23.2 Å². The maximum atomic E-state index is 11.9. The van der Waals surface area contributed by atoms with Crippen molar-refractivity contribution in [3.8, 4) is 5.75 Å². The van der Waals surface area contributed by atoms with E-state index in [9.17, 15) is 4.79 Å². The van der Waals surface area contributed by atoms with Crippen LogP contribution in [-0.4, -0.2) is 26.1 Å². The molecule has 4 nitrogen and oxygen atoms in total. The summed E-state index contributed by atoms with van der Waals surface area (Å²) in [6.45, 7) is 1.15. The molecule has 92 valence electrons. The summed E-state index contributed by atoms with van der Waals surface area (Å²) < 4.78 is 5.25. The number of hydrogen-bond donors (Lipinski definition) is 1. The maximum absolute atomic E-state index is 11.9. The van der Waals surface area contributed by atoms with Crippen LogP contribution in [0.3, 0.4) is 0 Å². The normalized spacial score (nSPS) is 19.8. The van der Waals surface area contributed by atoms with Gasteiger partial charge in [-0.1, -0.05) is 17.7 Å². The molecule has 17 heavy (non-hydrogen) atoms. The van der Waals surface area contributed by atoms with Gasteiger partial charge in [0.05, 0.1) is 17.8 Å². The zero-order valence-corrected chi connectivity index (χ0v) is 10.4. The Bertz CT molecular complexity index is 437. The lowest BCUT2D eigenvalue weighted by Gasteiger charge is -2.20. The standard InChI is InChI=1S/C12H15ClN2O2/c1-17-12-9(13)3-2-4-10(12)15-7-8(6-14)5-11(15)16/h2-4,8H,5-7,14H2,1H3. The summed E-state index contributed by atoms with van der Waals surface area (Å²) in [6.07, 6.45) is 0.492. The van der Waals surface area contributed by atoms with Crippen LogP contribution in [0.1, 0.15) is 6.42 Å². The van der Waals surface area contributed by atoms with Crippen molar-refractivity contribution in [1.82, 2.24) is 0 Å². The third-order valence-electron chi connectivity index (χ3n) is 2.98. The van der Waals surface area contributed by atoms with Gasteiger partial charge in [-0.2, -0.15) is 0 Å². The average molecular weight is 255 g/mol. The van der Waals surface area contributed by atoms with Crippen LogP contribution in [0.2, 0.25) is 5.02 Å². The molecule has 1 aromatic carbocycles. The van der Waals surface area contributed by atoms with Crippen LogP contribution < -0.4 is 15.4 Å². The first-order chi connectivity index (χ1) is 8.17. The number of benzene rings is 1. The van der Waals surface area contributed by atoms with Crippen LogP contribution in [0.15, 0.2) is 18.2 Å². The van der Waals surface area contributed by atoms with Gasteiger partial charge in [0.1, 0.15) is 0 Å². The first-order valence-corrected chi connectivity index (χ1v) is 5.88. The first kappa shape index (κ1) is 12.2. The van der Waals surface area contributed by atoms with E-state index in [-0.39, 0.29) is 11.8 Å². The topological polar surface area (TPSA) is 55.6 Å². The molecule has 2 N–H and O–H groups in total. The molecule has 1 aliphatic heterocycles. The lowest BCUT2D eigenvalue weighted by atomic mass is 10.1. The third-order valence-corrected chi connectivity index (χ3v) is 3.28. The summed E-state index contributed by atoms with van der Waals surface area (Å²) >= 11 is 6.04. The number of carbonyl (C=O) groups is 1. The number of para-hydroxylation sites is 1. The van der Waals surface area contributed by atoms with Crippen LogP contribution in [-0.2, 0) is 4.79 Å². The molecule has 0 bridgehead atoms. The fraction of sp³-hybridized carbons (Fsp3) is 0.417. The highest BCUT2D eigenvalue weighted by Gasteiger charge is 2.31. The van der Waals surface area contributed by atoms with Gasteiger partial charge in [-0.05, 0) is 24.6 Å². The quantitative estimate of drug-likeness (QED) is 0.893. The zero-order chi connectivity index (χ0) is 12.4. The smallest absolute Gasteiger partial charge is 0.227 e. The first-order valence-electron chi connectivity index (χ1n) is 5.50. The zero-order valence-electron chi connectivity index (χ0n) is 9.65. The van der Waals surface area contributed by atoms with Gasteiger partial charge in [0.2, 0.25) is 5.91 Å². The monoisotopic (exact) mass is 254 g/mol. The number of nitrogens with zero attached hydrogens (tertiary/aromatic N) is 1. The van der Waals surface area contributed by atoms with Crippen molar-refractivity contribution in [2.45, 2.75) is 6.42 Å². The van der Waals surface area contributed by atoms with E-state index < -0.39 is 0 Å². The molecular formula is C12H15ClN2O2. The summed E-state index contributed by atoms with van der Waals surface area (Å²) in [5.41, 5.74) is 6.32. The van der Waals surface area contributed by atoms with Crippen molar-refractivity contribution in [2.75, 3.05) is 25.1 Å². The number of methoxy groups -OCH3 is 1. The van der Waals surface area contributed by atoms with E-state index in [1.165, 1.54) is 0 Å². The number of hydrogen-bond acceptors (Lipinski definition) is 3. The second-order valence-electron chi connectivity index (χ2n) is 4.10. The molecule has 0 aromatic heterocycles. The summed E-state index contributed by atoms with van der Waals surface area (Å²) in [7, 11) is 1.55. The van der Waals surface area contributed by atoms with Crippen LogP contribution in [0.25, 0.3) is 0 Å². The van der Waals surface area contributed by atoms with Crippen molar-refractivity contribution in [3.05, 3.63) is 23.2 Å². The molecule has 0 radical (unpaired) electrons. The average Bonchev–Trinajstić information content (AvgIpc) is 2.70. The lowest BCUT2D eigenvalue weighted by molar-refractivity contribution is -0.117. The molecule has 2 rings (SSSR count). The minimum Gasteiger partial charge on any atom is -0.493 e. The van der Waals surface area contributed by atoms with Crippen molar-refractivity contribution in [1.29, 1.82) is 0 Å². The molecule has 1 amide bonds. The molecule has 1 aromatic rings. The molecule has 1 fully saturated rings. The van der Waals surface area contributed by atoms with E-state index in [1.54, 1.807) is 18.1 Å². The van der Waals surface area contributed by atoms with Crippen LogP contribution >= 0.6 is 11.6 Å². The Balaban J connectivity index is 2.34. The molecule has 1 saturated heterocycles. The minimum atomic E-state index is 0.0704. The fourth-order valence-corrected chi connectivity index (χ4v) is 2.33. The molecule has 0 aliphatic carbocycles. The van der Waals surface area contributed by atoms with E-state index in [4.69, 9.17) is 22.1 Å². The van der Waals surface area contributed by atoms with Gasteiger partial charge in [0.15, 0.2) is 5.75 Å². The lowest BCUT2D eigenvalue weighted by Crippen LogP contribution is -2.26. The highest BCUT2D eigenvalue weighted by Crippen LogP contribution is 2.37. The Morgan fingerprint density at radius 3 is 2.94 bits per heavy atom. The minimum absolute atomic E-state index is 0.0704. The van der Waals surface area contributed by atoms with Crippen LogP contribution in [0, 0.1) is 5.92 Å². The van der Waals surface area contributed by atoms with Crippen molar-refractivity contribution in [3.63, 3.8) is 0 Å². The van der Waals surface area contributed by atoms with E-state index in [1.807, 2.05) is 12.1 Å². The largest absolute Gasteiger partial charge is 0.493 e. The Labute approximate surface area is 105 Å². The second-order valence-corrected chi connectivity index (χ2v) is 4.51. The second kappa shape index (κ2) is 4.94. The van der Waals surface area contributed by atoms with E-state index in [0.717, 1.165) is 5.69 Å². The van der Waals surface area contributed by atoms with Gasteiger partial charge < -0.3 is 15.4 Å². The number of carbonyl (C=O) groups excluding carboxylic acids is 1. The predicted molar refractivity (Wildman–Crippen MR) is 67.5 cm³/mol. The van der Waals surface area contributed by atoms with E-state index >= 15 is 0 Å². The Kier molecular flexibility index (Phi) is 3.54. The van der Waals surface area contributed by atoms with E-state index in [0.29, 0.717) is 30.3 Å². The highest BCUT2D eigenvalue weighted by atomic mass is 35.5. The SMILES string of the molecule is COc1c(Cl)cccc1N1CC(CN)CC1=O. The number of nitrogens with two attached hydrogens (primary N) is 1. The van der Waals surface area contributed by atoms with Gasteiger partial charge >= 0.3 is 0 Å². The summed E-state index contributed by atoms with van der Waals surface area (Å²) in [5, 5.41) is 0.508. The molecule has 1 unspecified atom stereocenters. The van der Waals surface area contributed by atoms with Crippen LogP contribution in [0.5, 0.6) is 5.75 Å². The Morgan fingerprint density at radius 1 is 1.59 bits per heavy atom. The molecule has 1 heterocycles.